The van der Waals surface area contributed by atoms with Gasteiger partial charge in [-0.1, -0.05) is 18.2 Å². The average Bonchev–Trinajstić information content (AvgIpc) is 3.02. The summed E-state index contributed by atoms with van der Waals surface area (Å²) in [5.74, 6) is -0.803. The molecule has 0 spiro atoms. The smallest absolute Gasteiger partial charge is 0.337 e. The van der Waals surface area contributed by atoms with E-state index in [0.29, 0.717) is 24.8 Å². The molecule has 0 radical (unpaired) electrons. The van der Waals surface area contributed by atoms with Gasteiger partial charge in [-0.2, -0.15) is 0 Å². The maximum atomic E-state index is 12.8. The van der Waals surface area contributed by atoms with Gasteiger partial charge in [-0.05, 0) is 49.8 Å². The molecule has 2 fully saturated rings. The molecule has 1 saturated heterocycles. The van der Waals surface area contributed by atoms with E-state index >= 15 is 0 Å². The zero-order valence-electron chi connectivity index (χ0n) is 14.3. The van der Waals surface area contributed by atoms with Crippen LogP contribution in [0.3, 0.4) is 0 Å². The van der Waals surface area contributed by atoms with Gasteiger partial charge in [0, 0.05) is 5.54 Å². The van der Waals surface area contributed by atoms with E-state index in [1.165, 1.54) is 18.2 Å². The predicted octanol–water partition coefficient (Wildman–Crippen LogP) is 0.612. The van der Waals surface area contributed by atoms with E-state index in [0.717, 1.165) is 0 Å². The van der Waals surface area contributed by atoms with Crippen LogP contribution >= 0.6 is 0 Å². The highest BCUT2D eigenvalue weighted by Gasteiger charge is 2.64. The number of aliphatic hydroxyl groups is 2. The molecule has 7 nitrogen and oxygen atoms in total. The van der Waals surface area contributed by atoms with Crippen molar-refractivity contribution in [2.75, 3.05) is 0 Å². The summed E-state index contributed by atoms with van der Waals surface area (Å²) in [6, 6.07) is 5.95. The molecular formula is C18H21NO6S. The second kappa shape index (κ2) is 5.63. The molecule has 140 valence electrons. The quantitative estimate of drug-likeness (QED) is 0.661. The lowest BCUT2D eigenvalue weighted by atomic mass is 9.71. The van der Waals surface area contributed by atoms with Crippen LogP contribution in [0.5, 0.6) is 0 Å². The zero-order chi connectivity index (χ0) is 18.7. The number of benzene rings is 1. The van der Waals surface area contributed by atoms with Gasteiger partial charge in [-0.25, -0.2) is 17.9 Å². The molecular weight excluding hydrogens is 358 g/mol. The van der Waals surface area contributed by atoms with Crippen LogP contribution in [0.2, 0.25) is 0 Å². The lowest BCUT2D eigenvalue weighted by Crippen LogP contribution is -2.54. The van der Waals surface area contributed by atoms with Crippen molar-refractivity contribution < 1.29 is 28.2 Å². The second-order valence-corrected chi connectivity index (χ2v) is 9.26. The van der Waals surface area contributed by atoms with Crippen LogP contribution in [0.4, 0.5) is 0 Å². The monoisotopic (exact) mass is 379 g/mol. The fraction of sp³-hybridized carbons (Fsp3) is 0.500. The van der Waals surface area contributed by atoms with Crippen molar-refractivity contribution in [2.45, 2.75) is 54.9 Å². The Kier molecular flexibility index (Phi) is 3.82. The first-order valence-electron chi connectivity index (χ1n) is 8.58. The van der Waals surface area contributed by atoms with E-state index in [1.807, 2.05) is 0 Å². The Labute approximate surface area is 151 Å². The van der Waals surface area contributed by atoms with Crippen LogP contribution in [0.1, 0.15) is 31.7 Å². The standard InChI is InChI=1S/C18H21NO6S/c1-17(19-26(23,24)13-5-2-11(10-20)3-6-13)8-12-4-7-15-18(12,22)14(9-17)16(21)25-15/h2-3,5-6,9,12,15,19-20,22H,4,7-8,10H2,1H3/t12-,15-,17-,18+/m1/s1. The fourth-order valence-corrected chi connectivity index (χ4v) is 5.85. The number of hydrogen-bond acceptors (Lipinski definition) is 6. The highest BCUT2D eigenvalue weighted by Crippen LogP contribution is 2.53. The summed E-state index contributed by atoms with van der Waals surface area (Å²) in [7, 11) is -3.84. The molecule has 0 unspecified atom stereocenters. The number of hydrogen-bond donors (Lipinski definition) is 3. The first kappa shape index (κ1) is 17.7. The normalized spacial score (nSPS) is 35.8. The number of nitrogens with one attached hydrogen (secondary N) is 1. The van der Waals surface area contributed by atoms with E-state index in [1.54, 1.807) is 19.1 Å². The van der Waals surface area contributed by atoms with E-state index in [9.17, 15) is 18.3 Å². The first-order chi connectivity index (χ1) is 12.2. The lowest BCUT2D eigenvalue weighted by molar-refractivity contribution is -0.140. The molecule has 0 bridgehead atoms. The topological polar surface area (TPSA) is 113 Å². The van der Waals surface area contributed by atoms with Gasteiger partial charge in [0.05, 0.1) is 17.1 Å². The maximum absolute atomic E-state index is 12.8. The predicted molar refractivity (Wildman–Crippen MR) is 91.3 cm³/mol. The molecule has 3 aliphatic rings. The molecule has 1 aromatic rings. The number of esters is 1. The van der Waals surface area contributed by atoms with Gasteiger partial charge in [0.25, 0.3) is 0 Å². The van der Waals surface area contributed by atoms with Crippen LogP contribution in [0, 0.1) is 5.92 Å². The number of aliphatic hydroxyl groups excluding tert-OH is 1. The van der Waals surface area contributed by atoms with Gasteiger partial charge in [0.15, 0.2) is 0 Å². The second-order valence-electron chi connectivity index (χ2n) is 7.58. The van der Waals surface area contributed by atoms with Gasteiger partial charge in [-0.15, -0.1) is 0 Å². The maximum Gasteiger partial charge on any atom is 0.337 e. The minimum absolute atomic E-state index is 0.0773. The summed E-state index contributed by atoms with van der Waals surface area (Å²) < 4.78 is 33.5. The molecule has 26 heavy (non-hydrogen) atoms. The highest BCUT2D eigenvalue weighted by atomic mass is 32.2. The van der Waals surface area contributed by atoms with Crippen molar-refractivity contribution in [3.8, 4) is 0 Å². The first-order valence-corrected chi connectivity index (χ1v) is 10.1. The summed E-state index contributed by atoms with van der Waals surface area (Å²) in [4.78, 5) is 12.2. The number of carbonyl (C=O) groups is 1. The Hall–Kier alpha value is -1.74. The van der Waals surface area contributed by atoms with Crippen molar-refractivity contribution in [2.24, 2.45) is 5.92 Å². The van der Waals surface area contributed by atoms with Crippen LogP contribution in [0.25, 0.3) is 0 Å². The minimum Gasteiger partial charge on any atom is -0.455 e. The Morgan fingerprint density at radius 3 is 2.62 bits per heavy atom. The van der Waals surface area contributed by atoms with E-state index in [-0.39, 0.29) is 23.0 Å². The number of ether oxygens (including phenoxy) is 1. The SMILES string of the molecule is C[C@]1(NS(=O)(=O)c2ccc(CO)cc2)C=C2C(=O)O[C@@H]3CC[C@H](C1)[C@]23O. The van der Waals surface area contributed by atoms with Crippen molar-refractivity contribution in [3.05, 3.63) is 41.5 Å². The van der Waals surface area contributed by atoms with Gasteiger partial charge in [0.2, 0.25) is 10.0 Å². The summed E-state index contributed by atoms with van der Waals surface area (Å²) in [5, 5.41) is 20.1. The van der Waals surface area contributed by atoms with Crippen molar-refractivity contribution in [1.82, 2.24) is 4.72 Å². The van der Waals surface area contributed by atoms with Crippen LogP contribution in [-0.4, -0.2) is 41.8 Å². The van der Waals surface area contributed by atoms with Gasteiger partial charge in [-0.3, -0.25) is 0 Å². The molecule has 1 aromatic carbocycles. The fourth-order valence-electron chi connectivity index (χ4n) is 4.49. The lowest BCUT2D eigenvalue weighted by Gasteiger charge is -2.40. The van der Waals surface area contributed by atoms with Crippen molar-refractivity contribution in [1.29, 1.82) is 0 Å². The summed E-state index contributed by atoms with van der Waals surface area (Å²) in [6.07, 6.45) is 2.62. The van der Waals surface area contributed by atoms with E-state index in [2.05, 4.69) is 4.72 Å². The molecule has 8 heteroatoms. The Bertz CT molecular complexity index is 893. The molecule has 0 aromatic heterocycles. The molecule has 3 N–H and O–H groups in total. The third kappa shape index (κ3) is 2.51. The summed E-state index contributed by atoms with van der Waals surface area (Å²) in [6.45, 7) is 1.54. The molecule has 1 heterocycles. The summed E-state index contributed by atoms with van der Waals surface area (Å²) >= 11 is 0. The van der Waals surface area contributed by atoms with Crippen LogP contribution in [0.15, 0.2) is 40.8 Å². The van der Waals surface area contributed by atoms with Crippen LogP contribution < -0.4 is 4.72 Å². The number of carbonyl (C=O) groups excluding carboxylic acids is 1. The Morgan fingerprint density at radius 2 is 1.96 bits per heavy atom. The van der Waals surface area contributed by atoms with Crippen molar-refractivity contribution in [3.63, 3.8) is 0 Å². The molecule has 2 aliphatic carbocycles. The van der Waals surface area contributed by atoms with Gasteiger partial charge in [0.1, 0.15) is 11.7 Å². The minimum atomic E-state index is -3.84. The number of sulfonamides is 1. The zero-order valence-corrected chi connectivity index (χ0v) is 15.1. The number of rotatable bonds is 4. The van der Waals surface area contributed by atoms with E-state index in [4.69, 9.17) is 9.84 Å². The van der Waals surface area contributed by atoms with Gasteiger partial charge < -0.3 is 14.9 Å². The Balaban J connectivity index is 1.67. The average molecular weight is 379 g/mol. The van der Waals surface area contributed by atoms with Crippen molar-refractivity contribution >= 4 is 16.0 Å². The molecule has 4 atom stereocenters. The third-order valence-electron chi connectivity index (χ3n) is 5.71. The van der Waals surface area contributed by atoms with Gasteiger partial charge >= 0.3 is 5.97 Å². The summed E-state index contributed by atoms with van der Waals surface area (Å²) in [5.41, 5.74) is -1.52. The van der Waals surface area contributed by atoms with E-state index < -0.39 is 33.2 Å². The Morgan fingerprint density at radius 1 is 1.27 bits per heavy atom. The molecule has 0 amide bonds. The largest absolute Gasteiger partial charge is 0.455 e. The molecule has 1 saturated carbocycles. The third-order valence-corrected chi connectivity index (χ3v) is 7.34. The van der Waals surface area contributed by atoms with Crippen LogP contribution in [-0.2, 0) is 26.2 Å². The highest BCUT2D eigenvalue weighted by molar-refractivity contribution is 7.89. The molecule has 4 rings (SSSR count). The molecule has 1 aliphatic heterocycles.